The van der Waals surface area contributed by atoms with Gasteiger partial charge in [0, 0.05) is 32.3 Å². The lowest BCUT2D eigenvalue weighted by atomic mass is 10.2. The molecule has 3 heterocycles. The fraction of sp³-hybridized carbons (Fsp3) is 0.538. The van der Waals surface area contributed by atoms with Crippen LogP contribution in [0, 0.1) is 0 Å². The van der Waals surface area contributed by atoms with Gasteiger partial charge in [0.05, 0.1) is 0 Å². The molecule has 3 rings (SSSR count). The highest BCUT2D eigenvalue weighted by Crippen LogP contribution is 2.10. The lowest BCUT2D eigenvalue weighted by Gasteiger charge is -2.01. The first-order valence-corrected chi connectivity index (χ1v) is 7.09. The summed E-state index contributed by atoms with van der Waals surface area (Å²) >= 11 is 0. The minimum atomic E-state index is -0.302. The molecule has 21 heavy (non-hydrogen) atoms. The van der Waals surface area contributed by atoms with Gasteiger partial charge >= 0.3 is 5.69 Å². The summed E-state index contributed by atoms with van der Waals surface area (Å²) in [5.41, 5.74) is -0.205. The Labute approximate surface area is 121 Å². The molecular formula is C13H18N6O2. The second-order valence-electron chi connectivity index (χ2n) is 5.24. The fourth-order valence-electron chi connectivity index (χ4n) is 2.53. The average Bonchev–Trinajstić information content (AvgIpc) is 2.86. The summed E-state index contributed by atoms with van der Waals surface area (Å²) in [4.78, 5) is 24.2. The van der Waals surface area contributed by atoms with Gasteiger partial charge in [0.1, 0.15) is 12.4 Å². The van der Waals surface area contributed by atoms with Crippen molar-refractivity contribution in [1.29, 1.82) is 0 Å². The van der Waals surface area contributed by atoms with Crippen molar-refractivity contribution in [2.75, 3.05) is 5.32 Å². The van der Waals surface area contributed by atoms with Gasteiger partial charge in [-0.1, -0.05) is 6.42 Å². The van der Waals surface area contributed by atoms with Gasteiger partial charge in [-0.3, -0.25) is 14.0 Å². The van der Waals surface area contributed by atoms with Crippen molar-refractivity contribution in [1.82, 2.24) is 24.1 Å². The van der Waals surface area contributed by atoms with Crippen LogP contribution in [-0.2, 0) is 31.4 Å². The van der Waals surface area contributed by atoms with E-state index >= 15 is 0 Å². The summed E-state index contributed by atoms with van der Waals surface area (Å²) < 4.78 is 4.51. The van der Waals surface area contributed by atoms with Gasteiger partial charge in [-0.15, -0.1) is 0 Å². The number of fused-ring (bicyclic) bond motifs is 1. The van der Waals surface area contributed by atoms with E-state index in [2.05, 4.69) is 15.5 Å². The topological polar surface area (TPSA) is 86.7 Å². The number of aromatic nitrogens is 5. The summed E-state index contributed by atoms with van der Waals surface area (Å²) in [6, 6.07) is 1.70. The first kappa shape index (κ1) is 13.6. The zero-order valence-corrected chi connectivity index (χ0v) is 11.9. The molecule has 0 bridgehead atoms. The normalized spacial score (nSPS) is 14.5. The van der Waals surface area contributed by atoms with E-state index in [4.69, 9.17) is 0 Å². The zero-order chi connectivity index (χ0) is 14.8. The van der Waals surface area contributed by atoms with E-state index in [1.807, 2.05) is 0 Å². The Bertz CT molecular complexity index is 711. The maximum atomic E-state index is 12.2. The molecule has 1 N–H and O–H groups in total. The number of nitrogens with zero attached hydrogens (tertiary/aromatic N) is 5. The van der Waals surface area contributed by atoms with E-state index in [0.29, 0.717) is 12.4 Å². The third-order valence-electron chi connectivity index (χ3n) is 3.56. The standard InChI is InChI=1S/C13H18N6O2/c1-17-8-6-10(15-17)14-12(20)9-19-13(21)18-7-4-2-3-5-11(18)16-19/h6,8H,2-5,7,9H2,1H3,(H,14,15,20). The third-order valence-corrected chi connectivity index (χ3v) is 3.56. The number of amides is 1. The van der Waals surface area contributed by atoms with Gasteiger partial charge in [0.25, 0.3) is 0 Å². The summed E-state index contributed by atoms with van der Waals surface area (Å²) in [6.07, 6.45) is 5.67. The van der Waals surface area contributed by atoms with E-state index in [1.54, 1.807) is 28.6 Å². The van der Waals surface area contributed by atoms with Gasteiger partial charge in [0.15, 0.2) is 5.82 Å². The second-order valence-corrected chi connectivity index (χ2v) is 5.24. The SMILES string of the molecule is Cn1ccc(NC(=O)Cn2nc3n(c2=O)CCCCC3)n1. The smallest absolute Gasteiger partial charge is 0.308 e. The Morgan fingerprint density at radius 3 is 2.95 bits per heavy atom. The summed E-state index contributed by atoms with van der Waals surface area (Å²) in [5.74, 6) is 0.948. The first-order chi connectivity index (χ1) is 10.1. The molecule has 0 fully saturated rings. The Morgan fingerprint density at radius 2 is 2.19 bits per heavy atom. The first-order valence-electron chi connectivity index (χ1n) is 7.09. The molecule has 0 atom stereocenters. The molecule has 0 saturated carbocycles. The van der Waals surface area contributed by atoms with Crippen LogP contribution in [0.4, 0.5) is 5.82 Å². The minimum Gasteiger partial charge on any atom is -0.308 e. The molecule has 8 nitrogen and oxygen atoms in total. The second kappa shape index (κ2) is 5.55. The van der Waals surface area contributed by atoms with Crippen molar-refractivity contribution in [2.45, 2.75) is 38.8 Å². The number of anilines is 1. The van der Waals surface area contributed by atoms with Crippen LogP contribution in [0.1, 0.15) is 25.1 Å². The van der Waals surface area contributed by atoms with Crippen molar-refractivity contribution in [2.24, 2.45) is 7.05 Å². The molecule has 2 aromatic rings. The molecule has 0 aromatic carbocycles. The van der Waals surface area contributed by atoms with E-state index in [1.165, 1.54) is 4.68 Å². The molecule has 2 aromatic heterocycles. The Morgan fingerprint density at radius 1 is 1.33 bits per heavy atom. The van der Waals surface area contributed by atoms with Crippen molar-refractivity contribution in [3.05, 3.63) is 28.6 Å². The number of rotatable bonds is 3. The van der Waals surface area contributed by atoms with Crippen LogP contribution in [0.25, 0.3) is 0 Å². The molecule has 0 saturated heterocycles. The predicted molar refractivity (Wildman–Crippen MR) is 75.9 cm³/mol. The van der Waals surface area contributed by atoms with Crippen LogP contribution in [0.15, 0.2) is 17.1 Å². The predicted octanol–water partition coefficient (Wildman–Crippen LogP) is 0.143. The average molecular weight is 290 g/mol. The van der Waals surface area contributed by atoms with E-state index < -0.39 is 0 Å². The molecule has 0 unspecified atom stereocenters. The van der Waals surface area contributed by atoms with Crippen molar-refractivity contribution >= 4 is 11.7 Å². The minimum absolute atomic E-state index is 0.0879. The highest BCUT2D eigenvalue weighted by Gasteiger charge is 2.17. The lowest BCUT2D eigenvalue weighted by Crippen LogP contribution is -2.30. The Hall–Kier alpha value is -2.38. The molecule has 1 aliphatic rings. The Balaban J connectivity index is 1.73. The number of carbonyl (C=O) groups is 1. The van der Waals surface area contributed by atoms with Gasteiger partial charge in [-0.05, 0) is 12.8 Å². The number of carbonyl (C=O) groups excluding carboxylic acids is 1. The van der Waals surface area contributed by atoms with Gasteiger partial charge in [0.2, 0.25) is 5.91 Å². The lowest BCUT2D eigenvalue weighted by molar-refractivity contribution is -0.117. The maximum absolute atomic E-state index is 12.2. The van der Waals surface area contributed by atoms with Crippen LogP contribution in [0.2, 0.25) is 0 Å². The number of hydrogen-bond acceptors (Lipinski definition) is 4. The number of hydrogen-bond donors (Lipinski definition) is 1. The Kier molecular flexibility index (Phi) is 3.59. The monoisotopic (exact) mass is 290 g/mol. The van der Waals surface area contributed by atoms with Gasteiger partial charge < -0.3 is 5.32 Å². The van der Waals surface area contributed by atoms with Crippen LogP contribution in [0.5, 0.6) is 0 Å². The third kappa shape index (κ3) is 2.88. The van der Waals surface area contributed by atoms with Crippen molar-refractivity contribution in [3.8, 4) is 0 Å². The van der Waals surface area contributed by atoms with Crippen LogP contribution >= 0.6 is 0 Å². The molecule has 0 aliphatic carbocycles. The number of aryl methyl sites for hydroxylation is 2. The van der Waals surface area contributed by atoms with Crippen LogP contribution in [0.3, 0.4) is 0 Å². The van der Waals surface area contributed by atoms with Crippen LogP contribution in [-0.4, -0.2) is 30.0 Å². The molecule has 0 radical (unpaired) electrons. The molecule has 1 aliphatic heterocycles. The quantitative estimate of drug-likeness (QED) is 0.871. The zero-order valence-electron chi connectivity index (χ0n) is 11.9. The molecule has 112 valence electrons. The maximum Gasteiger partial charge on any atom is 0.346 e. The molecule has 1 amide bonds. The van der Waals surface area contributed by atoms with Crippen LogP contribution < -0.4 is 11.0 Å². The van der Waals surface area contributed by atoms with Gasteiger partial charge in [-0.25, -0.2) is 9.48 Å². The molecular weight excluding hydrogens is 272 g/mol. The van der Waals surface area contributed by atoms with E-state index in [0.717, 1.165) is 31.5 Å². The summed E-state index contributed by atoms with van der Waals surface area (Å²) in [7, 11) is 1.77. The highest BCUT2D eigenvalue weighted by atomic mass is 16.2. The summed E-state index contributed by atoms with van der Waals surface area (Å²) in [5, 5.41) is 11.0. The summed E-state index contributed by atoms with van der Waals surface area (Å²) in [6.45, 7) is 0.603. The van der Waals surface area contributed by atoms with E-state index in [-0.39, 0.29) is 18.1 Å². The number of nitrogens with one attached hydrogen (secondary N) is 1. The fourth-order valence-corrected chi connectivity index (χ4v) is 2.53. The highest BCUT2D eigenvalue weighted by molar-refractivity contribution is 5.89. The molecule has 8 heteroatoms. The molecule has 0 spiro atoms. The van der Waals surface area contributed by atoms with Crippen molar-refractivity contribution < 1.29 is 4.79 Å². The van der Waals surface area contributed by atoms with E-state index in [9.17, 15) is 9.59 Å². The largest absolute Gasteiger partial charge is 0.346 e. The van der Waals surface area contributed by atoms with Gasteiger partial charge in [-0.2, -0.15) is 10.2 Å². The van der Waals surface area contributed by atoms with Crippen molar-refractivity contribution in [3.63, 3.8) is 0 Å².